The van der Waals surface area contributed by atoms with Crippen LogP contribution >= 0.6 is 0 Å². The van der Waals surface area contributed by atoms with Crippen molar-refractivity contribution in [3.63, 3.8) is 0 Å². The van der Waals surface area contributed by atoms with Gasteiger partial charge >= 0.3 is 52.4 Å². The predicted molar refractivity (Wildman–Crippen MR) is 124 cm³/mol. The first-order valence-corrected chi connectivity index (χ1v) is 9.06. The van der Waals surface area contributed by atoms with Crippen LogP contribution < -0.4 is 49.6 Å². The number of benzene rings is 4. The molecule has 0 amide bonds. The van der Waals surface area contributed by atoms with Crippen LogP contribution in [0.4, 0.5) is 0 Å². The Morgan fingerprint density at radius 1 is 0.265 bits per heavy atom. The van der Waals surface area contributed by atoms with Crippen molar-refractivity contribution in [2.45, 2.75) is 0 Å². The number of hydrogen-bond donors (Lipinski definition) is 0. The second-order valence-electron chi connectivity index (χ2n) is 5.94. The molecule has 0 aromatic heterocycles. The van der Waals surface area contributed by atoms with Gasteiger partial charge in [0, 0.05) is 0 Å². The summed E-state index contributed by atoms with van der Waals surface area (Å²) >= 11 is 0. The molecule has 0 aliphatic carbocycles. The molecule has 4 aromatic rings. The first kappa shape index (κ1) is 46.6. The third-order valence-corrected chi connectivity index (χ3v) is 3.37. The summed E-state index contributed by atoms with van der Waals surface area (Å²) in [6, 6.07) is 39.5. The minimum absolute atomic E-state index is 0. The van der Waals surface area contributed by atoms with E-state index in [1.165, 1.54) is 0 Å². The average Bonchev–Trinajstić information content (AvgIpc) is 2.72. The van der Waals surface area contributed by atoms with E-state index in [0.717, 1.165) is 22.3 Å². The Kier molecular flexibility index (Phi) is 44.3. The summed E-state index contributed by atoms with van der Waals surface area (Å²) in [6.07, 6.45) is 0. The molecule has 6 heteroatoms. The van der Waals surface area contributed by atoms with Crippen molar-refractivity contribution in [3.05, 3.63) is 171 Å². The third kappa shape index (κ3) is 29.3. The van der Waals surface area contributed by atoms with Crippen molar-refractivity contribution in [3.8, 4) is 0 Å². The fraction of sp³-hybridized carbons (Fsp3) is 0. The molecular weight excluding hydrogens is 661 g/mol. The zero-order valence-electron chi connectivity index (χ0n) is 18.9. The van der Waals surface area contributed by atoms with Crippen molar-refractivity contribution < 1.29 is 102 Å². The van der Waals surface area contributed by atoms with Gasteiger partial charge in [-0.15, -0.1) is 48.5 Å². The summed E-state index contributed by atoms with van der Waals surface area (Å²) in [5.74, 6) is 0. The molecule has 176 valence electrons. The summed E-state index contributed by atoms with van der Waals surface area (Å²) in [6.45, 7) is 14.9. The van der Waals surface area contributed by atoms with E-state index in [1.807, 2.05) is 121 Å². The first-order chi connectivity index (χ1) is 13.6. The molecule has 4 rings (SSSR count). The molecule has 0 aliphatic heterocycles. The first-order valence-electron chi connectivity index (χ1n) is 9.06. The quantitative estimate of drug-likeness (QED) is 0.164. The van der Waals surface area contributed by atoms with Gasteiger partial charge in [-0.25, -0.2) is 0 Å². The van der Waals surface area contributed by atoms with E-state index in [4.69, 9.17) is 0 Å². The van der Waals surface area contributed by atoms with Gasteiger partial charge in [-0.2, -0.15) is 98.5 Å². The Hall–Kier alpha value is -0.714. The van der Waals surface area contributed by atoms with E-state index in [1.54, 1.807) is 0 Å². The predicted octanol–water partition coefficient (Wildman–Crippen LogP) is -4.51. The third-order valence-electron chi connectivity index (χ3n) is 3.37. The summed E-state index contributed by atoms with van der Waals surface area (Å²) < 4.78 is 0. The van der Waals surface area contributed by atoms with Gasteiger partial charge in [0.15, 0.2) is 0 Å². The van der Waals surface area contributed by atoms with Crippen LogP contribution in [0.5, 0.6) is 0 Å². The maximum atomic E-state index is 3.72. The summed E-state index contributed by atoms with van der Waals surface area (Å²) in [5.41, 5.74) is 4.29. The minimum Gasteiger partial charge on any atom is -1.00 e. The van der Waals surface area contributed by atoms with Crippen molar-refractivity contribution in [1.82, 2.24) is 0 Å². The van der Waals surface area contributed by atoms with E-state index in [0.29, 0.717) is 0 Å². The fourth-order valence-electron chi connectivity index (χ4n) is 1.91. The molecular formula is C28H28Cl4Zr2. The molecule has 0 aliphatic rings. The molecule has 0 nitrogen and oxygen atoms in total. The molecule has 0 unspecified atom stereocenters. The molecule has 0 N–H and O–H groups in total. The SMILES string of the molecule is [CH2-]c1ccccc1.[CH2-]c1ccccc1.[CH2-]c1ccccc1.[CH2-]c1ccccc1.[Cl-].[Cl-].[Cl-].[Cl-].[Zr+4].[Zr+4]. The van der Waals surface area contributed by atoms with Crippen LogP contribution in [0.2, 0.25) is 0 Å². The van der Waals surface area contributed by atoms with E-state index in [-0.39, 0.29) is 102 Å². The maximum Gasteiger partial charge on any atom is 4.00 e. The Balaban J connectivity index is -0.0000000726. The molecule has 0 heterocycles. The largest absolute Gasteiger partial charge is 4.00 e. The van der Waals surface area contributed by atoms with E-state index in [9.17, 15) is 0 Å². The van der Waals surface area contributed by atoms with Gasteiger partial charge in [-0.3, -0.25) is 0 Å². The van der Waals surface area contributed by atoms with Gasteiger partial charge in [0.25, 0.3) is 0 Å². The van der Waals surface area contributed by atoms with Crippen LogP contribution in [0.3, 0.4) is 0 Å². The second-order valence-corrected chi connectivity index (χ2v) is 5.94. The zero-order valence-corrected chi connectivity index (χ0v) is 26.8. The molecule has 0 spiro atoms. The van der Waals surface area contributed by atoms with Gasteiger partial charge in [0.2, 0.25) is 0 Å². The van der Waals surface area contributed by atoms with Gasteiger partial charge in [-0.05, 0) is 0 Å². The Labute approximate surface area is 270 Å². The van der Waals surface area contributed by atoms with E-state index >= 15 is 0 Å². The standard InChI is InChI=1S/4C7H7.4ClH.2Zr/c4*1-7-5-3-2-4-6-7;;;;;;/h4*2-6H,1H2;4*1H;;/q4*-1;;;;;2*+4/p-4. The molecule has 4 aromatic carbocycles. The van der Waals surface area contributed by atoms with Crippen molar-refractivity contribution in [2.24, 2.45) is 0 Å². The molecule has 0 saturated heterocycles. The zero-order chi connectivity index (χ0) is 20.5. The van der Waals surface area contributed by atoms with Crippen LogP contribution in [-0.2, 0) is 52.4 Å². The van der Waals surface area contributed by atoms with Crippen molar-refractivity contribution in [1.29, 1.82) is 0 Å². The smallest absolute Gasteiger partial charge is 1.00 e. The van der Waals surface area contributed by atoms with Crippen LogP contribution in [-0.4, -0.2) is 0 Å². The number of halogens is 4. The van der Waals surface area contributed by atoms with Crippen molar-refractivity contribution in [2.75, 3.05) is 0 Å². The molecule has 0 fully saturated rings. The summed E-state index contributed by atoms with van der Waals surface area (Å²) in [7, 11) is 0. The van der Waals surface area contributed by atoms with Crippen LogP contribution in [0.1, 0.15) is 22.3 Å². The van der Waals surface area contributed by atoms with Gasteiger partial charge in [0.05, 0.1) is 0 Å². The summed E-state index contributed by atoms with van der Waals surface area (Å²) in [5, 5.41) is 0. The van der Waals surface area contributed by atoms with E-state index < -0.39 is 0 Å². The van der Waals surface area contributed by atoms with Crippen molar-refractivity contribution >= 4 is 0 Å². The topological polar surface area (TPSA) is 0 Å². The Bertz CT molecular complexity index is 698. The minimum atomic E-state index is 0. The molecule has 0 saturated carbocycles. The normalized spacial score (nSPS) is 7.06. The van der Waals surface area contributed by atoms with Crippen LogP contribution in [0.15, 0.2) is 121 Å². The molecule has 0 radical (unpaired) electrons. The van der Waals surface area contributed by atoms with Gasteiger partial charge < -0.3 is 49.6 Å². The fourth-order valence-corrected chi connectivity index (χ4v) is 1.91. The number of rotatable bonds is 0. The van der Waals surface area contributed by atoms with Crippen LogP contribution in [0, 0.1) is 27.7 Å². The Morgan fingerprint density at radius 3 is 0.441 bits per heavy atom. The van der Waals surface area contributed by atoms with E-state index in [2.05, 4.69) is 27.7 Å². The second kappa shape index (κ2) is 32.3. The molecule has 34 heavy (non-hydrogen) atoms. The monoisotopic (exact) mass is 684 g/mol. The van der Waals surface area contributed by atoms with Crippen LogP contribution in [0.25, 0.3) is 0 Å². The summed E-state index contributed by atoms with van der Waals surface area (Å²) in [4.78, 5) is 0. The average molecular weight is 689 g/mol. The molecule has 0 bridgehead atoms. The Morgan fingerprint density at radius 2 is 0.382 bits per heavy atom. The van der Waals surface area contributed by atoms with Gasteiger partial charge in [0.1, 0.15) is 0 Å². The maximum absolute atomic E-state index is 3.72. The molecule has 0 atom stereocenters. The number of hydrogen-bond acceptors (Lipinski definition) is 0. The van der Waals surface area contributed by atoms with Gasteiger partial charge in [-0.1, -0.05) is 24.3 Å².